The number of benzene rings is 4. The fourth-order valence-electron chi connectivity index (χ4n) is 3.80. The van der Waals surface area contributed by atoms with Crippen molar-refractivity contribution in [1.82, 2.24) is 0 Å². The zero-order chi connectivity index (χ0) is 26.1. The van der Waals surface area contributed by atoms with Gasteiger partial charge >= 0.3 is 8.72 Å². The summed E-state index contributed by atoms with van der Waals surface area (Å²) < 4.78 is 0. The van der Waals surface area contributed by atoms with Crippen LogP contribution in [0.2, 0.25) is 0 Å². The SMILES string of the molecule is C#Cc1cccc(N[Si](Nc2cccc(C#C)c2)(Nc2cccc(C#C)c2)Nc2cccc(C#C)c2)c1. The molecule has 0 atom stereocenters. The van der Waals surface area contributed by atoms with Gasteiger partial charge in [-0.3, -0.25) is 0 Å². The van der Waals surface area contributed by atoms with Gasteiger partial charge in [-0.1, -0.05) is 47.9 Å². The minimum atomic E-state index is -3.18. The average molecular weight is 493 g/mol. The van der Waals surface area contributed by atoms with Crippen molar-refractivity contribution >= 4 is 31.5 Å². The zero-order valence-electron chi connectivity index (χ0n) is 20.0. The van der Waals surface area contributed by atoms with Gasteiger partial charge in [-0.25, -0.2) is 0 Å². The quantitative estimate of drug-likeness (QED) is 0.186. The van der Waals surface area contributed by atoms with Crippen molar-refractivity contribution in [2.75, 3.05) is 19.9 Å². The van der Waals surface area contributed by atoms with Crippen LogP contribution in [0.1, 0.15) is 22.3 Å². The molecule has 0 radical (unpaired) electrons. The Balaban J connectivity index is 1.86. The van der Waals surface area contributed by atoms with Crippen LogP contribution < -0.4 is 19.9 Å². The third-order valence-electron chi connectivity index (χ3n) is 5.44. The standard InChI is InChI=1S/C32H24N4Si/c1-5-25-13-9-17-29(21-25)33-37(34-30-18-10-14-26(6-2)22-30,35-31-19-11-15-27(7-3)23-31)36-32-20-12-16-28(8-4)24-32/h1-4,9-24,33-36H. The Kier molecular flexibility index (Phi) is 7.54. The molecule has 0 aliphatic rings. The Morgan fingerprint density at radius 3 is 0.865 bits per heavy atom. The predicted octanol–water partition coefficient (Wildman–Crippen LogP) is 5.80. The van der Waals surface area contributed by atoms with Gasteiger partial charge < -0.3 is 19.9 Å². The molecule has 0 heterocycles. The Morgan fingerprint density at radius 2 is 0.649 bits per heavy atom. The molecule has 0 saturated heterocycles. The molecule has 0 aliphatic carbocycles. The van der Waals surface area contributed by atoms with Gasteiger partial charge in [-0.2, -0.15) is 0 Å². The van der Waals surface area contributed by atoms with E-state index in [1.807, 2.05) is 97.1 Å². The van der Waals surface area contributed by atoms with Gasteiger partial charge in [0.2, 0.25) is 0 Å². The summed E-state index contributed by atoms with van der Waals surface area (Å²) in [6.07, 6.45) is 22.7. The molecule has 0 fully saturated rings. The highest BCUT2D eigenvalue weighted by Gasteiger charge is 2.38. The maximum absolute atomic E-state index is 5.68. The van der Waals surface area contributed by atoms with Crippen LogP contribution in [0.4, 0.5) is 22.7 Å². The van der Waals surface area contributed by atoms with Gasteiger partial charge in [-0.05, 0) is 72.8 Å². The van der Waals surface area contributed by atoms with Crippen molar-refractivity contribution in [2.24, 2.45) is 0 Å². The molecular weight excluding hydrogens is 468 g/mol. The van der Waals surface area contributed by atoms with Crippen LogP contribution in [0.5, 0.6) is 0 Å². The van der Waals surface area contributed by atoms with Crippen LogP contribution in [0.3, 0.4) is 0 Å². The van der Waals surface area contributed by atoms with E-state index in [1.165, 1.54) is 0 Å². The monoisotopic (exact) mass is 492 g/mol. The van der Waals surface area contributed by atoms with Gasteiger partial charge in [0.15, 0.2) is 0 Å². The van der Waals surface area contributed by atoms with E-state index in [0.29, 0.717) is 0 Å². The minimum absolute atomic E-state index is 0.755. The van der Waals surface area contributed by atoms with E-state index in [2.05, 4.69) is 43.6 Å². The van der Waals surface area contributed by atoms with E-state index in [1.54, 1.807) is 0 Å². The normalized spacial score (nSPS) is 10.1. The van der Waals surface area contributed by atoms with Crippen molar-refractivity contribution in [2.45, 2.75) is 0 Å². The second-order valence-corrected chi connectivity index (χ2v) is 10.7. The summed E-state index contributed by atoms with van der Waals surface area (Å²) in [6.45, 7) is 0. The number of anilines is 4. The first-order valence-electron chi connectivity index (χ1n) is 11.4. The third-order valence-corrected chi connectivity index (χ3v) is 8.10. The lowest BCUT2D eigenvalue weighted by Gasteiger charge is -2.36. The fraction of sp³-hybridized carbons (Fsp3) is 0. The molecule has 176 valence electrons. The molecule has 4 N–H and O–H groups in total. The lowest BCUT2D eigenvalue weighted by molar-refractivity contribution is 1.44. The first-order valence-corrected chi connectivity index (χ1v) is 13.4. The fourth-order valence-corrected chi connectivity index (χ4v) is 6.53. The highest BCUT2D eigenvalue weighted by molar-refractivity contribution is 6.90. The number of terminal acetylenes is 4. The molecule has 4 rings (SSSR count). The summed E-state index contributed by atoms with van der Waals surface area (Å²) in [5.74, 6) is 10.8. The van der Waals surface area contributed by atoms with Crippen LogP contribution in [0, 0.1) is 49.4 Å². The lowest BCUT2D eigenvalue weighted by atomic mass is 10.2. The molecule has 5 heteroatoms. The van der Waals surface area contributed by atoms with Gasteiger partial charge in [0.1, 0.15) is 0 Å². The maximum atomic E-state index is 5.68. The Morgan fingerprint density at radius 1 is 0.405 bits per heavy atom. The molecule has 37 heavy (non-hydrogen) atoms. The summed E-state index contributed by atoms with van der Waals surface area (Å²) in [4.78, 5) is 14.7. The van der Waals surface area contributed by atoms with Crippen LogP contribution in [0.15, 0.2) is 97.1 Å². The van der Waals surface area contributed by atoms with Crippen LogP contribution in [0.25, 0.3) is 0 Å². The van der Waals surface area contributed by atoms with Crippen molar-refractivity contribution in [3.8, 4) is 49.4 Å². The van der Waals surface area contributed by atoms with Crippen molar-refractivity contribution in [3.63, 3.8) is 0 Å². The average Bonchev–Trinajstić information content (AvgIpc) is 2.93. The number of hydrogen-bond acceptors (Lipinski definition) is 4. The second-order valence-electron chi connectivity index (χ2n) is 8.15. The largest absolute Gasteiger partial charge is 0.492 e. The number of rotatable bonds is 8. The number of nitrogens with one attached hydrogen (secondary N) is 4. The van der Waals surface area contributed by atoms with Crippen LogP contribution in [-0.4, -0.2) is 8.72 Å². The van der Waals surface area contributed by atoms with E-state index in [0.717, 1.165) is 45.0 Å². The topological polar surface area (TPSA) is 48.1 Å². The molecule has 4 aromatic rings. The summed E-state index contributed by atoms with van der Waals surface area (Å²) in [7, 11) is -3.18. The van der Waals surface area contributed by atoms with E-state index < -0.39 is 8.72 Å². The van der Waals surface area contributed by atoms with E-state index in [4.69, 9.17) is 25.7 Å². The summed E-state index contributed by atoms with van der Waals surface area (Å²) in [5.41, 5.74) is 6.31. The molecule has 0 unspecified atom stereocenters. The Hall–Kier alpha value is -5.46. The van der Waals surface area contributed by atoms with Crippen LogP contribution >= 0.6 is 0 Å². The molecule has 4 nitrogen and oxygen atoms in total. The summed E-state index contributed by atoms with van der Waals surface area (Å²) in [5, 5.41) is 0. The first kappa shape index (κ1) is 24.7. The molecule has 0 bridgehead atoms. The van der Waals surface area contributed by atoms with E-state index in [-0.39, 0.29) is 0 Å². The molecule has 4 aromatic carbocycles. The van der Waals surface area contributed by atoms with E-state index >= 15 is 0 Å². The van der Waals surface area contributed by atoms with Gasteiger partial charge in [0.05, 0.1) is 0 Å². The van der Waals surface area contributed by atoms with Crippen LogP contribution in [-0.2, 0) is 0 Å². The van der Waals surface area contributed by atoms with Gasteiger partial charge in [-0.15, -0.1) is 25.7 Å². The lowest BCUT2D eigenvalue weighted by Crippen LogP contribution is -2.66. The third kappa shape index (κ3) is 6.36. The smallest absolute Gasteiger partial charge is 0.360 e. The maximum Gasteiger partial charge on any atom is 0.492 e. The molecule has 0 aromatic heterocycles. The highest BCUT2D eigenvalue weighted by atomic mass is 28.4. The molecule has 0 amide bonds. The van der Waals surface area contributed by atoms with E-state index in [9.17, 15) is 0 Å². The minimum Gasteiger partial charge on any atom is -0.360 e. The van der Waals surface area contributed by atoms with Crippen molar-refractivity contribution < 1.29 is 0 Å². The van der Waals surface area contributed by atoms with Gasteiger partial charge in [0.25, 0.3) is 0 Å². The predicted molar refractivity (Wildman–Crippen MR) is 158 cm³/mol. The highest BCUT2D eigenvalue weighted by Crippen LogP contribution is 2.24. The van der Waals surface area contributed by atoms with Crippen molar-refractivity contribution in [1.29, 1.82) is 0 Å². The van der Waals surface area contributed by atoms with Gasteiger partial charge in [0, 0.05) is 45.0 Å². The summed E-state index contributed by atoms with van der Waals surface area (Å²) in [6, 6.07) is 30.7. The molecular formula is C32H24N4Si. The van der Waals surface area contributed by atoms with Crippen molar-refractivity contribution in [3.05, 3.63) is 119 Å². The zero-order valence-corrected chi connectivity index (χ0v) is 21.0. The Bertz CT molecular complexity index is 1350. The first-order chi connectivity index (χ1) is 18.0. The molecule has 0 aliphatic heterocycles. The molecule has 0 saturated carbocycles. The number of hydrogen-bond donors (Lipinski definition) is 4. The Labute approximate surface area is 219 Å². The second kappa shape index (κ2) is 11.3. The summed E-state index contributed by atoms with van der Waals surface area (Å²) >= 11 is 0. The molecule has 0 spiro atoms.